The van der Waals surface area contributed by atoms with Crippen LogP contribution in [0.1, 0.15) is 6.92 Å². The second-order valence-corrected chi connectivity index (χ2v) is 6.18. The fourth-order valence-corrected chi connectivity index (χ4v) is 2.92. The summed E-state index contributed by atoms with van der Waals surface area (Å²) in [5.41, 5.74) is 0.285. The number of likely N-dealkylation sites (N-methyl/N-ethyl adjacent to an activating group) is 1. The number of amides is 1. The summed E-state index contributed by atoms with van der Waals surface area (Å²) in [5, 5.41) is 5.83. The summed E-state index contributed by atoms with van der Waals surface area (Å²) in [7, 11) is -3.47. The van der Waals surface area contributed by atoms with E-state index in [1.54, 1.807) is 23.3 Å². The molecule has 9 heteroatoms. The number of allylic oxidation sites excluding steroid dienone is 2. The third kappa shape index (κ3) is 4.55. The lowest BCUT2D eigenvalue weighted by molar-refractivity contribution is -0.117. The van der Waals surface area contributed by atoms with E-state index in [-0.39, 0.29) is 35.5 Å². The molecule has 1 amide bonds. The van der Waals surface area contributed by atoms with Crippen LogP contribution in [0, 0.1) is 0 Å². The van der Waals surface area contributed by atoms with Crippen LogP contribution in [0.3, 0.4) is 0 Å². The number of halogens is 1. The van der Waals surface area contributed by atoms with Gasteiger partial charge in [-0.25, -0.2) is 8.42 Å². The molecule has 0 saturated heterocycles. The highest BCUT2D eigenvalue weighted by molar-refractivity contribution is 7.90. The zero-order valence-electron chi connectivity index (χ0n) is 11.7. The molecule has 2 aliphatic rings. The molecule has 0 aromatic carbocycles. The summed E-state index contributed by atoms with van der Waals surface area (Å²) >= 11 is 0. The SMILES string of the molecule is CCNCCNC(=O)C1=CC=CN2CCS(=O)(=O)N=C12.Cl. The van der Waals surface area contributed by atoms with Gasteiger partial charge in [-0.15, -0.1) is 16.8 Å². The minimum atomic E-state index is -3.47. The summed E-state index contributed by atoms with van der Waals surface area (Å²) in [6.45, 7) is 4.28. The highest BCUT2D eigenvalue weighted by Gasteiger charge is 2.29. The fourth-order valence-electron chi connectivity index (χ4n) is 1.93. The van der Waals surface area contributed by atoms with Crippen molar-refractivity contribution in [2.24, 2.45) is 4.40 Å². The highest BCUT2D eigenvalue weighted by Crippen LogP contribution is 2.17. The fraction of sp³-hybridized carbons (Fsp3) is 0.500. The van der Waals surface area contributed by atoms with Crippen LogP contribution in [0.25, 0.3) is 0 Å². The van der Waals surface area contributed by atoms with Gasteiger partial charge in [0.1, 0.15) is 0 Å². The first-order chi connectivity index (χ1) is 9.53. The van der Waals surface area contributed by atoms with Crippen molar-refractivity contribution in [2.75, 3.05) is 31.9 Å². The van der Waals surface area contributed by atoms with Crippen LogP contribution in [0.5, 0.6) is 0 Å². The second-order valence-electron chi connectivity index (χ2n) is 4.43. The average Bonchev–Trinajstić information content (AvgIpc) is 2.42. The molecular weight excluding hydrogens is 316 g/mol. The predicted molar refractivity (Wildman–Crippen MR) is 84.0 cm³/mol. The maximum Gasteiger partial charge on any atom is 0.256 e. The van der Waals surface area contributed by atoms with E-state index in [2.05, 4.69) is 15.0 Å². The van der Waals surface area contributed by atoms with Crippen molar-refractivity contribution in [1.29, 1.82) is 0 Å². The molecule has 0 bridgehead atoms. The molecule has 2 rings (SSSR count). The molecule has 0 spiro atoms. The van der Waals surface area contributed by atoms with Crippen molar-refractivity contribution in [2.45, 2.75) is 6.92 Å². The molecule has 0 radical (unpaired) electrons. The molecule has 2 aliphatic heterocycles. The van der Waals surface area contributed by atoms with Crippen LogP contribution in [-0.4, -0.2) is 57.0 Å². The van der Waals surface area contributed by atoms with Crippen LogP contribution < -0.4 is 10.6 Å². The van der Waals surface area contributed by atoms with E-state index in [4.69, 9.17) is 0 Å². The third-order valence-corrected chi connectivity index (χ3v) is 4.09. The van der Waals surface area contributed by atoms with Gasteiger partial charge in [-0.1, -0.05) is 6.92 Å². The van der Waals surface area contributed by atoms with Gasteiger partial charge in [0, 0.05) is 25.8 Å². The number of amidine groups is 1. The molecule has 0 atom stereocenters. The number of sulfonamides is 1. The van der Waals surface area contributed by atoms with Crippen molar-refractivity contribution in [3.63, 3.8) is 0 Å². The quantitative estimate of drug-likeness (QED) is 0.670. The van der Waals surface area contributed by atoms with Crippen molar-refractivity contribution in [1.82, 2.24) is 15.5 Å². The average molecular weight is 335 g/mol. The van der Waals surface area contributed by atoms with E-state index in [1.165, 1.54) is 0 Å². The monoisotopic (exact) mass is 334 g/mol. The molecule has 118 valence electrons. The first-order valence-electron chi connectivity index (χ1n) is 6.50. The van der Waals surface area contributed by atoms with E-state index in [1.807, 2.05) is 6.92 Å². The smallest absolute Gasteiger partial charge is 0.256 e. The summed E-state index contributed by atoms with van der Waals surface area (Å²) < 4.78 is 26.8. The molecule has 0 aromatic rings. The van der Waals surface area contributed by atoms with Gasteiger partial charge in [0.2, 0.25) is 0 Å². The van der Waals surface area contributed by atoms with Gasteiger partial charge in [-0.2, -0.15) is 0 Å². The minimum Gasteiger partial charge on any atom is -0.351 e. The van der Waals surface area contributed by atoms with Gasteiger partial charge in [-0.05, 0) is 18.7 Å². The Kier molecular flexibility index (Phi) is 6.38. The Bertz CT molecular complexity index is 583. The summed E-state index contributed by atoms with van der Waals surface area (Å²) in [6, 6.07) is 0. The Morgan fingerprint density at radius 2 is 2.19 bits per heavy atom. The lowest BCUT2D eigenvalue weighted by atomic mass is 10.1. The van der Waals surface area contributed by atoms with Crippen LogP contribution in [-0.2, 0) is 14.8 Å². The summed E-state index contributed by atoms with van der Waals surface area (Å²) in [4.78, 5) is 13.8. The molecule has 2 N–H and O–H groups in total. The number of hydrogen-bond donors (Lipinski definition) is 2. The molecular formula is C12H19ClN4O3S. The summed E-state index contributed by atoms with van der Waals surface area (Å²) in [5.74, 6) is -0.135. The Morgan fingerprint density at radius 1 is 1.43 bits per heavy atom. The lowest BCUT2D eigenvalue weighted by Gasteiger charge is -2.28. The second kappa shape index (κ2) is 7.58. The Morgan fingerprint density at radius 3 is 2.90 bits per heavy atom. The van der Waals surface area contributed by atoms with Gasteiger partial charge >= 0.3 is 0 Å². The van der Waals surface area contributed by atoms with Gasteiger partial charge in [0.05, 0.1) is 11.3 Å². The lowest BCUT2D eigenvalue weighted by Crippen LogP contribution is -2.43. The molecule has 0 fully saturated rings. The largest absolute Gasteiger partial charge is 0.351 e. The van der Waals surface area contributed by atoms with Gasteiger partial charge in [0.25, 0.3) is 15.9 Å². The molecule has 21 heavy (non-hydrogen) atoms. The number of fused-ring (bicyclic) bond motifs is 1. The number of nitrogens with zero attached hydrogens (tertiary/aromatic N) is 2. The highest BCUT2D eigenvalue weighted by atomic mass is 35.5. The van der Waals surface area contributed by atoms with Gasteiger partial charge < -0.3 is 15.5 Å². The Hall–Kier alpha value is -1.38. The minimum absolute atomic E-state index is 0. The van der Waals surface area contributed by atoms with Crippen LogP contribution >= 0.6 is 12.4 Å². The molecule has 0 aliphatic carbocycles. The van der Waals surface area contributed by atoms with Gasteiger partial charge in [-0.3, -0.25) is 4.79 Å². The maximum atomic E-state index is 12.1. The zero-order chi connectivity index (χ0) is 14.6. The maximum absolute atomic E-state index is 12.1. The van der Waals surface area contributed by atoms with Crippen molar-refractivity contribution in [3.05, 3.63) is 23.9 Å². The normalized spacial score (nSPS) is 19.0. The standard InChI is InChI=1S/C12H18N4O3S.ClH/c1-2-13-5-6-14-12(17)10-4-3-7-16-8-9-20(18,19)15-11(10)16;/h3-4,7,13H,2,5-6,8-9H2,1H3,(H,14,17);1H. The number of nitrogens with one attached hydrogen (secondary N) is 2. The Balaban J connectivity index is 0.00000220. The topological polar surface area (TPSA) is 90.9 Å². The van der Waals surface area contributed by atoms with Crippen molar-refractivity contribution >= 4 is 34.2 Å². The van der Waals surface area contributed by atoms with Crippen molar-refractivity contribution < 1.29 is 13.2 Å². The predicted octanol–water partition coefficient (Wildman–Crippen LogP) is -0.368. The number of hydrogen-bond acceptors (Lipinski definition) is 5. The Labute approximate surface area is 130 Å². The van der Waals surface area contributed by atoms with E-state index in [0.717, 1.165) is 6.54 Å². The number of carbonyl (C=O) groups is 1. The van der Waals surface area contributed by atoms with Crippen LogP contribution in [0.4, 0.5) is 0 Å². The van der Waals surface area contributed by atoms with Gasteiger partial charge in [0.15, 0.2) is 5.84 Å². The van der Waals surface area contributed by atoms with E-state index in [0.29, 0.717) is 19.6 Å². The number of carbonyl (C=O) groups excluding carboxylic acids is 1. The van der Waals surface area contributed by atoms with Crippen LogP contribution in [0.15, 0.2) is 28.3 Å². The van der Waals surface area contributed by atoms with E-state index >= 15 is 0 Å². The molecule has 0 aromatic heterocycles. The molecule has 0 saturated carbocycles. The van der Waals surface area contributed by atoms with E-state index < -0.39 is 10.0 Å². The first-order valence-corrected chi connectivity index (χ1v) is 8.11. The number of rotatable bonds is 5. The third-order valence-electron chi connectivity index (χ3n) is 2.94. The first kappa shape index (κ1) is 17.7. The van der Waals surface area contributed by atoms with Crippen LogP contribution in [0.2, 0.25) is 0 Å². The summed E-state index contributed by atoms with van der Waals surface area (Å²) in [6.07, 6.45) is 5.03. The zero-order valence-corrected chi connectivity index (χ0v) is 13.3. The molecule has 2 heterocycles. The molecule has 7 nitrogen and oxygen atoms in total. The van der Waals surface area contributed by atoms with E-state index in [9.17, 15) is 13.2 Å². The molecule has 0 unspecified atom stereocenters. The van der Waals surface area contributed by atoms with Crippen molar-refractivity contribution in [3.8, 4) is 0 Å².